The third kappa shape index (κ3) is 14.2. The second-order valence-electron chi connectivity index (χ2n) is 31.0. The Hall–Kier alpha value is -8.83. The van der Waals surface area contributed by atoms with Gasteiger partial charge < -0.3 is 67.1 Å². The highest BCUT2D eigenvalue weighted by atomic mass is 16.6. The number of nitrogens with zero attached hydrogens (tertiary/aromatic N) is 9. The van der Waals surface area contributed by atoms with E-state index < -0.39 is 33.4 Å². The molecule has 9 aliphatic rings. The number of hydrogen-bond acceptors (Lipinski definition) is 15. The number of fused-ring (bicyclic) bond motifs is 9. The van der Waals surface area contributed by atoms with Gasteiger partial charge in [-0.25, -0.2) is 28.8 Å². The van der Waals surface area contributed by atoms with E-state index in [4.69, 9.17) is 42.6 Å². The van der Waals surface area contributed by atoms with Crippen LogP contribution in [0.5, 0.6) is 34.5 Å². The molecule has 24 heteroatoms. The lowest BCUT2D eigenvalue weighted by Gasteiger charge is -2.44. The molecule has 0 N–H and O–H groups in total. The summed E-state index contributed by atoms with van der Waals surface area (Å²) in [5.74, 6) is 4.58. The highest BCUT2D eigenvalue weighted by Crippen LogP contribution is 2.53. The molecule has 3 aromatic rings. The number of piperidine rings is 3. The van der Waals surface area contributed by atoms with Crippen molar-refractivity contribution in [1.82, 2.24) is 44.1 Å². The second kappa shape index (κ2) is 29.1. The van der Waals surface area contributed by atoms with Crippen LogP contribution in [0, 0.1) is 6.92 Å². The van der Waals surface area contributed by atoms with Gasteiger partial charge in [0.1, 0.15) is 51.3 Å². The van der Waals surface area contributed by atoms with Crippen molar-refractivity contribution in [3.63, 3.8) is 0 Å². The van der Waals surface area contributed by atoms with Crippen LogP contribution in [0.15, 0.2) is 71.7 Å². The van der Waals surface area contributed by atoms with E-state index in [0.29, 0.717) is 134 Å². The molecule has 12 rings (SSSR count). The third-order valence-corrected chi connectivity index (χ3v) is 21.4. The molecule has 3 spiro atoms. The Kier molecular flexibility index (Phi) is 21.7. The zero-order valence-electron chi connectivity index (χ0n) is 64.0. The fraction of sp³-hybridized carbons (Fsp3) is 0.603. The summed E-state index contributed by atoms with van der Waals surface area (Å²) in [4.78, 5) is 95.8. The van der Waals surface area contributed by atoms with Crippen LogP contribution in [0.4, 0.5) is 28.8 Å². The van der Waals surface area contributed by atoms with Crippen LogP contribution in [0.2, 0.25) is 0 Å². The first kappa shape index (κ1) is 75.8. The van der Waals surface area contributed by atoms with Gasteiger partial charge in [0.05, 0.1) is 85.8 Å². The summed E-state index contributed by atoms with van der Waals surface area (Å²) >= 11 is 0. The first-order valence-electron chi connectivity index (χ1n) is 36.0. The van der Waals surface area contributed by atoms with Crippen LogP contribution in [-0.2, 0) is 33.8 Å². The molecule has 102 heavy (non-hydrogen) atoms. The van der Waals surface area contributed by atoms with Crippen LogP contribution < -0.4 is 28.4 Å². The minimum atomic E-state index is -0.545. The molecule has 3 atom stereocenters. The predicted octanol–water partition coefficient (Wildman–Crippen LogP) is 14.0. The standard InChI is InChI=1S/2C26H37N3O5.C26H36N3O5/c3*1-8-29-23(30)28-16-18-14-19(32-6)15-20(33-7)22(18)17(2)13-21(28)26(29)9-11-27(12-10-26)24(31)34-25(3,4)5/h2*13-15,17H,8-12,16H2,1-7H3;13-15,17H,1,8-12,16H2,2-7H3/q;;+1/t17-;;17-/m1.0/s1. The van der Waals surface area contributed by atoms with Crippen LogP contribution in [0.3, 0.4) is 0 Å². The topological polar surface area (TPSA) is 215 Å². The number of benzene rings is 3. The van der Waals surface area contributed by atoms with Gasteiger partial charge in [-0.1, -0.05) is 39.0 Å². The lowest BCUT2D eigenvalue weighted by Crippen LogP contribution is -2.55. The molecule has 556 valence electrons. The average molecular weight is 1410 g/mol. The van der Waals surface area contributed by atoms with E-state index in [2.05, 4.69) is 45.9 Å². The molecule has 1 unspecified atom stereocenters. The van der Waals surface area contributed by atoms with Crippen molar-refractivity contribution in [3.8, 4) is 34.5 Å². The summed E-state index contributed by atoms with van der Waals surface area (Å²) < 4.78 is 50.4. The molecule has 0 aromatic heterocycles. The van der Waals surface area contributed by atoms with Crippen molar-refractivity contribution in [2.45, 2.75) is 206 Å². The zero-order chi connectivity index (χ0) is 74.5. The smallest absolute Gasteiger partial charge is 0.410 e. The quantitative estimate of drug-likeness (QED) is 0.144. The summed E-state index contributed by atoms with van der Waals surface area (Å²) in [5, 5.41) is 0. The Balaban J connectivity index is 0.000000165. The fourth-order valence-corrected chi connectivity index (χ4v) is 16.8. The van der Waals surface area contributed by atoms with E-state index in [9.17, 15) is 28.8 Å². The fourth-order valence-electron chi connectivity index (χ4n) is 16.8. The van der Waals surface area contributed by atoms with Gasteiger partial charge in [-0.15, -0.1) is 0 Å². The highest BCUT2D eigenvalue weighted by Gasteiger charge is 2.59. The first-order chi connectivity index (χ1) is 48.1. The number of likely N-dealkylation sites (N-methyl/N-ethyl adjacent to an activating group) is 2. The number of amides is 9. The molecule has 6 saturated heterocycles. The van der Waals surface area contributed by atoms with Gasteiger partial charge in [0.2, 0.25) is 0 Å². The molecule has 0 aliphatic carbocycles. The van der Waals surface area contributed by atoms with Gasteiger partial charge in [0.25, 0.3) is 0 Å². The summed E-state index contributed by atoms with van der Waals surface area (Å²) in [6, 6.07) is 11.7. The van der Waals surface area contributed by atoms with E-state index in [1.54, 1.807) is 57.4 Å². The number of allylic oxidation sites excluding steroid dienone is 3. The van der Waals surface area contributed by atoms with Gasteiger partial charge in [-0.3, -0.25) is 19.6 Å². The number of methoxy groups -OCH3 is 6. The number of hydrogen-bond donors (Lipinski definition) is 0. The summed E-state index contributed by atoms with van der Waals surface area (Å²) in [7, 11) is 9.89. The van der Waals surface area contributed by atoms with E-state index in [0.717, 1.165) is 67.7 Å². The first-order valence-corrected chi connectivity index (χ1v) is 36.0. The minimum absolute atomic E-state index is 0.0151. The van der Waals surface area contributed by atoms with E-state index in [1.807, 2.05) is 142 Å². The number of carbonyl (C=O) groups excluding carboxylic acids is 6. The van der Waals surface area contributed by atoms with Crippen LogP contribution in [0.1, 0.15) is 187 Å². The third-order valence-electron chi connectivity index (χ3n) is 21.4. The number of rotatable bonds is 9. The Morgan fingerprint density at radius 2 is 0.657 bits per heavy atom. The monoisotopic (exact) mass is 1410 g/mol. The molecular formula is C78H110N9O15+. The molecule has 0 radical (unpaired) electrons. The van der Waals surface area contributed by atoms with Crippen LogP contribution in [0.25, 0.3) is 0 Å². The molecule has 9 heterocycles. The molecule has 24 nitrogen and oxygen atoms in total. The molecule has 6 fully saturated rings. The summed E-state index contributed by atoms with van der Waals surface area (Å²) in [6.07, 6.45) is 9.73. The lowest BCUT2D eigenvalue weighted by atomic mass is 9.82. The molecule has 0 saturated carbocycles. The van der Waals surface area contributed by atoms with Crippen LogP contribution >= 0.6 is 0 Å². The van der Waals surface area contributed by atoms with E-state index >= 15 is 0 Å². The largest absolute Gasteiger partial charge is 0.497 e. The zero-order valence-corrected chi connectivity index (χ0v) is 64.0. The number of carbonyl (C=O) groups is 6. The van der Waals surface area contributed by atoms with Crippen molar-refractivity contribution in [3.05, 3.63) is 112 Å². The predicted molar refractivity (Wildman–Crippen MR) is 387 cm³/mol. The Labute approximate surface area is 603 Å². The molecule has 9 aliphatic heterocycles. The van der Waals surface area contributed by atoms with E-state index in [1.165, 1.54) is 0 Å². The number of urea groups is 3. The second-order valence-corrected chi connectivity index (χ2v) is 31.0. The van der Waals surface area contributed by atoms with Gasteiger partial charge in [-0.2, -0.15) is 0 Å². The normalized spacial score (nSPS) is 21.6. The van der Waals surface area contributed by atoms with Gasteiger partial charge >= 0.3 is 36.4 Å². The SMILES string of the molecule is CCN1C(=O)N2Cc3cc(OC)cc(OC)c3C(C)C=C2C12CCN(C(=O)OC(C)(C)C)CC2.CCN1C(=O)N2Cc3cc(OC)cc(OC)c3[C@H](C)C=C2C12CCN(C(=O)OC(C)(C)C)CC2.[CH2+]CN1C(=O)N2Cc3cc(OC)cc(OC)c3[C@@H](C)C=C2C12CCN(C(=O)OC(C)(C)C)CC2. The Bertz CT molecular complexity index is 3400. The maximum atomic E-state index is 13.7. The molecular weight excluding hydrogens is 1300 g/mol. The van der Waals surface area contributed by atoms with Crippen LogP contribution in [-0.4, -0.2) is 215 Å². The van der Waals surface area contributed by atoms with Gasteiger partial charge in [0.15, 0.2) is 6.54 Å². The van der Waals surface area contributed by atoms with Gasteiger partial charge in [-0.05, 0) is 150 Å². The Morgan fingerprint density at radius 3 is 0.873 bits per heavy atom. The van der Waals surface area contributed by atoms with Gasteiger partial charge in [0, 0.05) is 122 Å². The van der Waals surface area contributed by atoms with E-state index in [-0.39, 0.29) is 54.1 Å². The molecule has 0 bridgehead atoms. The summed E-state index contributed by atoms with van der Waals surface area (Å²) in [5.41, 5.74) is 6.40. The van der Waals surface area contributed by atoms with Crippen molar-refractivity contribution in [2.24, 2.45) is 0 Å². The number of likely N-dealkylation sites (tertiary alicyclic amines) is 3. The minimum Gasteiger partial charge on any atom is -0.497 e. The average Bonchev–Trinajstić information content (AvgIpc) is 1.58. The summed E-state index contributed by atoms with van der Waals surface area (Å²) in [6.45, 7) is 37.6. The maximum absolute atomic E-state index is 13.7. The van der Waals surface area contributed by atoms with Crippen molar-refractivity contribution < 1.29 is 71.4 Å². The van der Waals surface area contributed by atoms with Crippen molar-refractivity contribution in [1.29, 1.82) is 0 Å². The highest BCUT2D eigenvalue weighted by molar-refractivity contribution is 5.85. The molecule has 3 aromatic carbocycles. The van der Waals surface area contributed by atoms with Crippen molar-refractivity contribution in [2.75, 3.05) is 102 Å². The maximum Gasteiger partial charge on any atom is 0.410 e. The molecule has 9 amide bonds. The lowest BCUT2D eigenvalue weighted by molar-refractivity contribution is 0.0101. The van der Waals surface area contributed by atoms with Crippen molar-refractivity contribution >= 4 is 36.4 Å². The Morgan fingerprint density at radius 1 is 0.412 bits per heavy atom. The number of ether oxygens (including phenoxy) is 9.